The number of rotatable bonds is 2. The van der Waals surface area contributed by atoms with Crippen LogP contribution in [0, 0.1) is 0 Å². The van der Waals surface area contributed by atoms with Crippen molar-refractivity contribution < 1.29 is 5.11 Å². The predicted molar refractivity (Wildman–Crippen MR) is 48.2 cm³/mol. The van der Waals surface area contributed by atoms with Crippen LogP contribution < -0.4 is 0 Å². The van der Waals surface area contributed by atoms with Crippen LogP contribution in [0.2, 0.25) is 0 Å². The molecule has 13 heavy (non-hydrogen) atoms. The zero-order valence-corrected chi connectivity index (χ0v) is 7.48. The van der Waals surface area contributed by atoms with E-state index in [-0.39, 0.29) is 0 Å². The molecule has 1 unspecified atom stereocenters. The van der Waals surface area contributed by atoms with Crippen molar-refractivity contribution in [2.24, 2.45) is 0 Å². The van der Waals surface area contributed by atoms with Gasteiger partial charge in [0.05, 0.1) is 10.4 Å². The highest BCUT2D eigenvalue weighted by Crippen LogP contribution is 2.22. The first-order valence-corrected chi connectivity index (χ1v) is 4.57. The molecule has 0 saturated heterocycles. The Kier molecular flexibility index (Phi) is 2.29. The summed E-state index contributed by atoms with van der Waals surface area (Å²) in [6.07, 6.45) is 5.61. The Hall–Kier alpha value is -1.33. The van der Waals surface area contributed by atoms with Crippen molar-refractivity contribution in [3.8, 4) is 0 Å². The molecule has 2 aromatic heterocycles. The van der Waals surface area contributed by atoms with E-state index in [2.05, 4.69) is 15.0 Å². The Labute approximate surface area is 78.9 Å². The van der Waals surface area contributed by atoms with E-state index in [1.807, 2.05) is 0 Å². The number of hydrogen-bond donors (Lipinski definition) is 1. The van der Waals surface area contributed by atoms with Crippen LogP contribution in [0.5, 0.6) is 0 Å². The lowest BCUT2D eigenvalue weighted by molar-refractivity contribution is 0.223. The van der Waals surface area contributed by atoms with Gasteiger partial charge in [-0.2, -0.15) is 0 Å². The summed E-state index contributed by atoms with van der Waals surface area (Å²) in [7, 11) is 0. The molecule has 0 fully saturated rings. The van der Waals surface area contributed by atoms with Gasteiger partial charge in [-0.1, -0.05) is 0 Å². The van der Waals surface area contributed by atoms with Crippen LogP contribution in [0.4, 0.5) is 0 Å². The maximum Gasteiger partial charge on any atom is 0.118 e. The fourth-order valence-electron chi connectivity index (χ4n) is 0.977. The summed E-state index contributed by atoms with van der Waals surface area (Å²) >= 11 is 1.41. The second kappa shape index (κ2) is 3.59. The molecular weight excluding hydrogens is 186 g/mol. The number of aromatic nitrogens is 3. The molecule has 0 amide bonds. The smallest absolute Gasteiger partial charge is 0.118 e. The van der Waals surface area contributed by atoms with E-state index in [1.54, 1.807) is 24.1 Å². The molecule has 1 N–H and O–H groups in total. The topological polar surface area (TPSA) is 58.9 Å². The van der Waals surface area contributed by atoms with Crippen LogP contribution in [0.15, 0.2) is 30.4 Å². The standard InChI is InChI=1S/C8H7N3OS/c12-8(7-3-11-5-13-7)6-1-9-4-10-2-6/h1-5,8,12H. The van der Waals surface area contributed by atoms with Crippen LogP contribution in [0.25, 0.3) is 0 Å². The number of aliphatic hydroxyl groups is 1. The van der Waals surface area contributed by atoms with E-state index in [4.69, 9.17) is 0 Å². The van der Waals surface area contributed by atoms with Crippen LogP contribution in [-0.4, -0.2) is 20.1 Å². The first kappa shape index (κ1) is 8.28. The van der Waals surface area contributed by atoms with Crippen LogP contribution in [0.1, 0.15) is 16.5 Å². The van der Waals surface area contributed by atoms with Gasteiger partial charge in [-0.25, -0.2) is 9.97 Å². The summed E-state index contributed by atoms with van der Waals surface area (Å²) < 4.78 is 0. The molecule has 1 atom stereocenters. The van der Waals surface area contributed by atoms with Crippen molar-refractivity contribution in [3.05, 3.63) is 40.9 Å². The van der Waals surface area contributed by atoms with Crippen molar-refractivity contribution in [2.75, 3.05) is 0 Å². The van der Waals surface area contributed by atoms with E-state index in [1.165, 1.54) is 17.7 Å². The maximum absolute atomic E-state index is 9.77. The first-order valence-electron chi connectivity index (χ1n) is 3.69. The Balaban J connectivity index is 2.29. The normalized spacial score (nSPS) is 12.7. The molecule has 0 spiro atoms. The summed E-state index contributed by atoms with van der Waals surface area (Å²) in [6.45, 7) is 0. The largest absolute Gasteiger partial charge is 0.383 e. The monoisotopic (exact) mass is 193 g/mol. The zero-order chi connectivity index (χ0) is 9.10. The summed E-state index contributed by atoms with van der Waals surface area (Å²) in [5, 5.41) is 9.77. The summed E-state index contributed by atoms with van der Waals surface area (Å²) in [4.78, 5) is 12.3. The van der Waals surface area contributed by atoms with Gasteiger partial charge in [0, 0.05) is 24.2 Å². The molecule has 0 aliphatic rings. The van der Waals surface area contributed by atoms with Gasteiger partial charge in [0.1, 0.15) is 12.4 Å². The Morgan fingerprint density at radius 2 is 1.92 bits per heavy atom. The molecule has 2 rings (SSSR count). The fraction of sp³-hybridized carbons (Fsp3) is 0.125. The molecule has 2 aromatic rings. The molecule has 2 heterocycles. The molecule has 0 saturated carbocycles. The molecule has 66 valence electrons. The minimum Gasteiger partial charge on any atom is -0.383 e. The molecule has 0 radical (unpaired) electrons. The SMILES string of the molecule is OC(c1cncnc1)c1cncs1. The van der Waals surface area contributed by atoms with E-state index < -0.39 is 6.10 Å². The van der Waals surface area contributed by atoms with Gasteiger partial charge in [-0.05, 0) is 0 Å². The van der Waals surface area contributed by atoms with Gasteiger partial charge in [0.2, 0.25) is 0 Å². The minimum atomic E-state index is -0.659. The molecular formula is C8H7N3OS. The number of aliphatic hydroxyl groups excluding tert-OH is 1. The van der Waals surface area contributed by atoms with Crippen LogP contribution in [-0.2, 0) is 0 Å². The lowest BCUT2D eigenvalue weighted by Gasteiger charge is -2.05. The highest BCUT2D eigenvalue weighted by atomic mass is 32.1. The van der Waals surface area contributed by atoms with Gasteiger partial charge in [0.25, 0.3) is 0 Å². The van der Waals surface area contributed by atoms with Gasteiger partial charge in [0.15, 0.2) is 0 Å². The van der Waals surface area contributed by atoms with Crippen LogP contribution in [0.3, 0.4) is 0 Å². The van der Waals surface area contributed by atoms with E-state index in [0.29, 0.717) is 5.56 Å². The van der Waals surface area contributed by atoms with Crippen molar-refractivity contribution in [1.82, 2.24) is 15.0 Å². The van der Waals surface area contributed by atoms with Gasteiger partial charge < -0.3 is 5.11 Å². The zero-order valence-electron chi connectivity index (χ0n) is 6.66. The first-order chi connectivity index (χ1) is 6.38. The van der Waals surface area contributed by atoms with E-state index in [9.17, 15) is 5.11 Å². The average molecular weight is 193 g/mol. The predicted octanol–water partition coefficient (Wildman–Crippen LogP) is 1.01. The lowest BCUT2D eigenvalue weighted by Crippen LogP contribution is -1.98. The average Bonchev–Trinajstić information content (AvgIpc) is 2.71. The van der Waals surface area contributed by atoms with Crippen molar-refractivity contribution >= 4 is 11.3 Å². The van der Waals surface area contributed by atoms with Crippen molar-refractivity contribution in [1.29, 1.82) is 0 Å². The highest BCUT2D eigenvalue weighted by molar-refractivity contribution is 7.09. The summed E-state index contributed by atoms with van der Waals surface area (Å²) in [6, 6.07) is 0. The third-order valence-electron chi connectivity index (χ3n) is 1.62. The Bertz CT molecular complexity index is 362. The molecule has 0 bridgehead atoms. The third-order valence-corrected chi connectivity index (χ3v) is 2.45. The highest BCUT2D eigenvalue weighted by Gasteiger charge is 2.11. The maximum atomic E-state index is 9.77. The number of hydrogen-bond acceptors (Lipinski definition) is 5. The lowest BCUT2D eigenvalue weighted by atomic mass is 10.2. The third kappa shape index (κ3) is 1.71. The second-order valence-electron chi connectivity index (χ2n) is 2.48. The molecule has 4 nitrogen and oxygen atoms in total. The molecule has 5 heteroatoms. The summed E-state index contributed by atoms with van der Waals surface area (Å²) in [5.41, 5.74) is 2.37. The Morgan fingerprint density at radius 3 is 2.54 bits per heavy atom. The van der Waals surface area contributed by atoms with Crippen molar-refractivity contribution in [2.45, 2.75) is 6.10 Å². The van der Waals surface area contributed by atoms with E-state index in [0.717, 1.165) is 4.88 Å². The molecule has 0 aliphatic carbocycles. The van der Waals surface area contributed by atoms with Gasteiger partial charge in [-0.15, -0.1) is 11.3 Å². The molecule has 0 aromatic carbocycles. The second-order valence-corrected chi connectivity index (χ2v) is 3.40. The quantitative estimate of drug-likeness (QED) is 0.773. The minimum absolute atomic E-state index is 0.659. The van der Waals surface area contributed by atoms with Crippen molar-refractivity contribution in [3.63, 3.8) is 0 Å². The van der Waals surface area contributed by atoms with E-state index >= 15 is 0 Å². The van der Waals surface area contributed by atoms with Gasteiger partial charge >= 0.3 is 0 Å². The number of nitrogens with zero attached hydrogens (tertiary/aromatic N) is 3. The fourth-order valence-corrected chi connectivity index (χ4v) is 1.61. The number of thiazole rings is 1. The van der Waals surface area contributed by atoms with Crippen LogP contribution >= 0.6 is 11.3 Å². The van der Waals surface area contributed by atoms with Gasteiger partial charge in [-0.3, -0.25) is 4.98 Å². The molecule has 0 aliphatic heterocycles. The Morgan fingerprint density at radius 1 is 1.15 bits per heavy atom. The summed E-state index contributed by atoms with van der Waals surface area (Å²) in [5.74, 6) is 0.